The van der Waals surface area contributed by atoms with Crippen molar-refractivity contribution in [2.24, 2.45) is 0 Å². The minimum Gasteiger partial charge on any atom is -0.478 e. The fraction of sp³-hybridized carbons (Fsp3) is 0.222. The summed E-state index contributed by atoms with van der Waals surface area (Å²) in [5.74, 6) is -1.12. The SMILES string of the molecule is CNS(=O)(=O)N(C)c1ccc(C(=O)O)cc1N. The van der Waals surface area contributed by atoms with Crippen LogP contribution in [-0.2, 0) is 10.2 Å². The summed E-state index contributed by atoms with van der Waals surface area (Å²) in [6, 6.07) is 3.84. The van der Waals surface area contributed by atoms with Crippen LogP contribution < -0.4 is 14.8 Å². The Hall–Kier alpha value is -1.80. The molecule has 0 heterocycles. The van der Waals surface area contributed by atoms with E-state index in [9.17, 15) is 13.2 Å². The number of rotatable bonds is 4. The summed E-state index contributed by atoms with van der Waals surface area (Å²) in [5, 5.41) is 8.75. The number of aromatic carboxylic acids is 1. The second kappa shape index (κ2) is 4.60. The first-order valence-corrected chi connectivity index (χ1v) is 6.04. The minimum atomic E-state index is -3.65. The summed E-state index contributed by atoms with van der Waals surface area (Å²) >= 11 is 0. The van der Waals surface area contributed by atoms with E-state index in [2.05, 4.69) is 4.72 Å². The Kier molecular flexibility index (Phi) is 3.59. The van der Waals surface area contributed by atoms with Crippen LogP contribution in [0.15, 0.2) is 18.2 Å². The van der Waals surface area contributed by atoms with Crippen molar-refractivity contribution < 1.29 is 18.3 Å². The zero-order chi connectivity index (χ0) is 13.2. The maximum Gasteiger partial charge on any atom is 0.335 e. The average molecular weight is 259 g/mol. The monoisotopic (exact) mass is 259 g/mol. The maximum absolute atomic E-state index is 11.5. The van der Waals surface area contributed by atoms with Gasteiger partial charge in [0.25, 0.3) is 0 Å². The summed E-state index contributed by atoms with van der Waals surface area (Å²) in [5.41, 5.74) is 5.90. The van der Waals surface area contributed by atoms with E-state index >= 15 is 0 Å². The third-order valence-electron chi connectivity index (χ3n) is 2.23. The smallest absolute Gasteiger partial charge is 0.335 e. The van der Waals surface area contributed by atoms with E-state index in [1.165, 1.54) is 32.3 Å². The van der Waals surface area contributed by atoms with Gasteiger partial charge in [-0.15, -0.1) is 0 Å². The van der Waals surface area contributed by atoms with E-state index in [1.54, 1.807) is 0 Å². The Morgan fingerprint density at radius 1 is 1.47 bits per heavy atom. The molecule has 0 saturated carbocycles. The fourth-order valence-electron chi connectivity index (χ4n) is 1.24. The zero-order valence-electron chi connectivity index (χ0n) is 9.34. The summed E-state index contributed by atoms with van der Waals surface area (Å²) in [4.78, 5) is 10.7. The van der Waals surface area contributed by atoms with Gasteiger partial charge >= 0.3 is 16.2 Å². The number of nitrogen functional groups attached to an aromatic ring is 1. The molecule has 0 unspecified atom stereocenters. The average Bonchev–Trinajstić information content (AvgIpc) is 2.27. The lowest BCUT2D eigenvalue weighted by atomic mass is 10.2. The van der Waals surface area contributed by atoms with E-state index in [4.69, 9.17) is 10.8 Å². The van der Waals surface area contributed by atoms with Crippen LogP contribution in [0.5, 0.6) is 0 Å². The van der Waals surface area contributed by atoms with Crippen molar-refractivity contribution in [2.45, 2.75) is 0 Å². The predicted molar refractivity (Wildman–Crippen MR) is 64.2 cm³/mol. The second-order valence-electron chi connectivity index (χ2n) is 3.26. The molecule has 0 radical (unpaired) electrons. The molecular formula is C9H13N3O4S. The molecule has 0 saturated heterocycles. The molecule has 1 rings (SSSR count). The number of benzene rings is 1. The Bertz CT molecular complexity index is 541. The summed E-state index contributed by atoms with van der Waals surface area (Å²) < 4.78 is 26.1. The molecule has 0 aromatic heterocycles. The molecule has 4 N–H and O–H groups in total. The first kappa shape index (κ1) is 13.3. The Balaban J connectivity index is 3.22. The summed E-state index contributed by atoms with van der Waals surface area (Å²) in [7, 11) is -1.06. The van der Waals surface area contributed by atoms with Crippen molar-refractivity contribution >= 4 is 27.6 Å². The maximum atomic E-state index is 11.5. The van der Waals surface area contributed by atoms with Crippen molar-refractivity contribution in [2.75, 3.05) is 24.1 Å². The van der Waals surface area contributed by atoms with Gasteiger partial charge in [-0.25, -0.2) is 9.52 Å². The number of nitrogens with two attached hydrogens (primary N) is 1. The Labute approximate surface area is 99.0 Å². The van der Waals surface area contributed by atoms with Crippen LogP contribution in [0.25, 0.3) is 0 Å². The van der Waals surface area contributed by atoms with E-state index in [0.29, 0.717) is 0 Å². The van der Waals surface area contributed by atoms with Crippen LogP contribution >= 0.6 is 0 Å². The first-order chi connectivity index (χ1) is 7.79. The molecule has 0 aliphatic rings. The molecule has 1 aromatic rings. The van der Waals surface area contributed by atoms with Gasteiger partial charge < -0.3 is 10.8 Å². The van der Waals surface area contributed by atoms with E-state index < -0.39 is 16.2 Å². The number of carboxylic acid groups (broad SMARTS) is 1. The molecule has 0 atom stereocenters. The lowest BCUT2D eigenvalue weighted by molar-refractivity contribution is 0.0697. The number of nitrogens with zero attached hydrogens (tertiary/aromatic N) is 1. The molecule has 1 aromatic carbocycles. The standard InChI is InChI=1S/C9H13N3O4S/c1-11-17(15,16)12(2)8-4-3-6(9(13)14)5-7(8)10/h3-5,11H,10H2,1-2H3,(H,13,14). The number of carboxylic acids is 1. The number of hydrogen-bond donors (Lipinski definition) is 3. The van der Waals surface area contributed by atoms with Gasteiger partial charge in [-0.1, -0.05) is 0 Å². The number of anilines is 2. The predicted octanol–water partition coefficient (Wildman–Crippen LogP) is -0.133. The molecule has 0 spiro atoms. The molecule has 17 heavy (non-hydrogen) atoms. The molecule has 94 valence electrons. The van der Waals surface area contributed by atoms with Gasteiger partial charge in [-0.2, -0.15) is 8.42 Å². The van der Waals surface area contributed by atoms with Gasteiger partial charge in [-0.05, 0) is 18.2 Å². The van der Waals surface area contributed by atoms with E-state index in [0.717, 1.165) is 4.31 Å². The highest BCUT2D eigenvalue weighted by Gasteiger charge is 2.18. The van der Waals surface area contributed by atoms with Gasteiger partial charge in [-0.3, -0.25) is 4.31 Å². The molecular weight excluding hydrogens is 246 g/mol. The van der Waals surface area contributed by atoms with Gasteiger partial charge in [0.15, 0.2) is 0 Å². The lowest BCUT2D eigenvalue weighted by Gasteiger charge is -2.20. The number of carbonyl (C=O) groups is 1. The number of hydrogen-bond acceptors (Lipinski definition) is 4. The van der Waals surface area contributed by atoms with Crippen LogP contribution in [0.4, 0.5) is 11.4 Å². The zero-order valence-corrected chi connectivity index (χ0v) is 10.2. The van der Waals surface area contributed by atoms with E-state index in [1.807, 2.05) is 0 Å². The quantitative estimate of drug-likeness (QED) is 0.652. The van der Waals surface area contributed by atoms with Gasteiger partial charge in [0.1, 0.15) is 0 Å². The molecule has 0 aliphatic heterocycles. The normalized spacial score (nSPS) is 11.2. The molecule has 7 nitrogen and oxygen atoms in total. The highest BCUT2D eigenvalue weighted by molar-refractivity contribution is 7.90. The van der Waals surface area contributed by atoms with Crippen molar-refractivity contribution in [1.29, 1.82) is 0 Å². The number of nitrogens with one attached hydrogen (secondary N) is 1. The molecule has 8 heteroatoms. The minimum absolute atomic E-state index is 0.00139. The topological polar surface area (TPSA) is 113 Å². The van der Waals surface area contributed by atoms with Gasteiger partial charge in [0.05, 0.1) is 16.9 Å². The molecule has 0 bridgehead atoms. The molecule has 0 fully saturated rings. The van der Waals surface area contributed by atoms with Crippen molar-refractivity contribution in [3.05, 3.63) is 23.8 Å². The molecule has 0 aliphatic carbocycles. The Morgan fingerprint density at radius 3 is 2.47 bits per heavy atom. The summed E-state index contributed by atoms with van der Waals surface area (Å²) in [6.45, 7) is 0. The van der Waals surface area contributed by atoms with Gasteiger partial charge in [0.2, 0.25) is 0 Å². The van der Waals surface area contributed by atoms with Crippen LogP contribution in [0.2, 0.25) is 0 Å². The van der Waals surface area contributed by atoms with Crippen LogP contribution in [0.3, 0.4) is 0 Å². The van der Waals surface area contributed by atoms with Crippen molar-refractivity contribution in [3.63, 3.8) is 0 Å². The van der Waals surface area contributed by atoms with Crippen molar-refractivity contribution in [3.8, 4) is 0 Å². The van der Waals surface area contributed by atoms with Crippen LogP contribution in [-0.4, -0.2) is 33.6 Å². The highest BCUT2D eigenvalue weighted by Crippen LogP contribution is 2.24. The van der Waals surface area contributed by atoms with Gasteiger partial charge in [0, 0.05) is 14.1 Å². The summed E-state index contributed by atoms with van der Waals surface area (Å²) in [6.07, 6.45) is 0. The van der Waals surface area contributed by atoms with Crippen LogP contribution in [0, 0.1) is 0 Å². The van der Waals surface area contributed by atoms with E-state index in [-0.39, 0.29) is 16.9 Å². The third-order valence-corrected chi connectivity index (χ3v) is 3.67. The fourth-order valence-corrected chi connectivity index (χ4v) is 1.94. The Morgan fingerprint density at radius 2 is 2.06 bits per heavy atom. The van der Waals surface area contributed by atoms with Crippen LogP contribution in [0.1, 0.15) is 10.4 Å². The molecule has 0 amide bonds. The highest BCUT2D eigenvalue weighted by atomic mass is 32.2. The first-order valence-electron chi connectivity index (χ1n) is 4.60. The lowest BCUT2D eigenvalue weighted by Crippen LogP contribution is -2.36. The second-order valence-corrected chi connectivity index (χ2v) is 5.16. The third kappa shape index (κ3) is 2.66. The van der Waals surface area contributed by atoms with Crippen molar-refractivity contribution in [1.82, 2.24) is 4.72 Å². The largest absolute Gasteiger partial charge is 0.478 e.